The molecular formula is C22H23F4N5OS. The zero-order chi connectivity index (χ0) is 23.4. The van der Waals surface area contributed by atoms with Crippen molar-refractivity contribution in [2.24, 2.45) is 13.0 Å². The van der Waals surface area contributed by atoms with E-state index in [-0.39, 0.29) is 5.41 Å². The molecule has 176 valence electrons. The maximum absolute atomic E-state index is 13.9. The lowest BCUT2D eigenvalue weighted by Crippen LogP contribution is -2.28. The Morgan fingerprint density at radius 3 is 2.79 bits per heavy atom. The van der Waals surface area contributed by atoms with Gasteiger partial charge in [-0.05, 0) is 56.0 Å². The Bertz CT molecular complexity index is 1180. The molecule has 0 spiro atoms. The molecular weight excluding hydrogens is 458 g/mol. The van der Waals surface area contributed by atoms with E-state index in [0.29, 0.717) is 35.7 Å². The molecule has 1 aliphatic heterocycles. The van der Waals surface area contributed by atoms with E-state index in [9.17, 15) is 17.6 Å². The molecule has 2 fully saturated rings. The summed E-state index contributed by atoms with van der Waals surface area (Å²) in [6, 6.07) is 2.98. The highest BCUT2D eigenvalue weighted by atomic mass is 32.2. The summed E-state index contributed by atoms with van der Waals surface area (Å²) in [6.07, 6.45) is -1.44. The van der Waals surface area contributed by atoms with Gasteiger partial charge in [-0.1, -0.05) is 11.8 Å². The van der Waals surface area contributed by atoms with Crippen molar-refractivity contribution in [3.05, 3.63) is 47.2 Å². The molecule has 3 aromatic rings. The molecule has 0 N–H and O–H groups in total. The second-order valence-electron chi connectivity index (χ2n) is 8.85. The standard InChI is InChI=1S/C22H23F4N5OS/c1-13-18(32-12-27-13)19-28-29-20(30(19)2)33-5-3-4-31-10-16-9-21(16,11-31)14-6-15(22(24,25)26)8-17(23)7-14/h6-8,12,16H,3-5,9-11H2,1-2H3/t16-,21?/m1/s1. The molecule has 2 aliphatic rings. The Morgan fingerprint density at radius 2 is 2.06 bits per heavy atom. The smallest absolute Gasteiger partial charge is 0.416 e. The number of piperidine rings is 1. The molecule has 2 aromatic heterocycles. The third kappa shape index (κ3) is 4.16. The minimum absolute atomic E-state index is 0.291. The average molecular weight is 482 g/mol. The van der Waals surface area contributed by atoms with Crippen LogP contribution in [0.3, 0.4) is 0 Å². The van der Waals surface area contributed by atoms with Gasteiger partial charge in [0.25, 0.3) is 0 Å². The molecule has 1 aliphatic carbocycles. The fourth-order valence-corrected chi connectivity index (χ4v) is 5.69. The van der Waals surface area contributed by atoms with Crippen LogP contribution >= 0.6 is 11.8 Å². The molecule has 0 amide bonds. The van der Waals surface area contributed by atoms with Crippen molar-refractivity contribution >= 4 is 11.8 Å². The number of fused-ring (bicyclic) bond motifs is 1. The van der Waals surface area contributed by atoms with Crippen LogP contribution in [-0.4, -0.2) is 50.0 Å². The van der Waals surface area contributed by atoms with Gasteiger partial charge < -0.3 is 13.9 Å². The number of oxazole rings is 1. The van der Waals surface area contributed by atoms with Gasteiger partial charge in [0.05, 0.1) is 11.3 Å². The highest BCUT2D eigenvalue weighted by Gasteiger charge is 2.60. The number of hydrogen-bond acceptors (Lipinski definition) is 6. The lowest BCUT2D eigenvalue weighted by Gasteiger charge is -2.21. The highest BCUT2D eigenvalue weighted by molar-refractivity contribution is 7.99. The number of aryl methyl sites for hydroxylation is 1. The van der Waals surface area contributed by atoms with Crippen molar-refractivity contribution in [3.63, 3.8) is 0 Å². The van der Waals surface area contributed by atoms with Gasteiger partial charge in [-0.3, -0.25) is 0 Å². The van der Waals surface area contributed by atoms with E-state index in [1.165, 1.54) is 12.5 Å². The molecule has 5 rings (SSSR count). The number of likely N-dealkylation sites (tertiary alicyclic amines) is 1. The normalized spacial score (nSPS) is 22.7. The second kappa shape index (κ2) is 8.12. The van der Waals surface area contributed by atoms with Crippen LogP contribution in [-0.2, 0) is 18.6 Å². The van der Waals surface area contributed by atoms with Crippen LogP contribution in [0.2, 0.25) is 0 Å². The second-order valence-corrected chi connectivity index (χ2v) is 9.91. The molecule has 0 bridgehead atoms. The van der Waals surface area contributed by atoms with Gasteiger partial charge in [0.1, 0.15) is 5.82 Å². The van der Waals surface area contributed by atoms with Gasteiger partial charge >= 0.3 is 6.18 Å². The van der Waals surface area contributed by atoms with E-state index < -0.39 is 17.6 Å². The number of thioether (sulfide) groups is 1. The fraction of sp³-hybridized carbons (Fsp3) is 0.500. The lowest BCUT2D eigenvalue weighted by atomic mass is 9.93. The number of aromatic nitrogens is 4. The Labute approximate surface area is 192 Å². The monoisotopic (exact) mass is 481 g/mol. The number of alkyl halides is 3. The van der Waals surface area contributed by atoms with Gasteiger partial charge in [-0.25, -0.2) is 9.37 Å². The lowest BCUT2D eigenvalue weighted by molar-refractivity contribution is -0.137. The minimum atomic E-state index is -4.54. The predicted molar refractivity (Wildman–Crippen MR) is 114 cm³/mol. The van der Waals surface area contributed by atoms with E-state index in [1.807, 2.05) is 18.5 Å². The van der Waals surface area contributed by atoms with Crippen LogP contribution in [0, 0.1) is 18.7 Å². The topological polar surface area (TPSA) is 60.0 Å². The van der Waals surface area contributed by atoms with Crippen LogP contribution in [0.5, 0.6) is 0 Å². The molecule has 1 unspecified atom stereocenters. The van der Waals surface area contributed by atoms with Crippen LogP contribution in [0.25, 0.3) is 11.6 Å². The summed E-state index contributed by atoms with van der Waals surface area (Å²) in [5, 5.41) is 9.22. The molecule has 11 heteroatoms. The number of nitrogens with zero attached hydrogens (tertiary/aromatic N) is 5. The van der Waals surface area contributed by atoms with Gasteiger partial charge in [-0.15, -0.1) is 10.2 Å². The van der Waals surface area contributed by atoms with Crippen molar-refractivity contribution in [1.82, 2.24) is 24.6 Å². The van der Waals surface area contributed by atoms with Crippen LogP contribution in [0.4, 0.5) is 17.6 Å². The molecule has 6 nitrogen and oxygen atoms in total. The van der Waals surface area contributed by atoms with Gasteiger partial charge in [0.2, 0.25) is 5.82 Å². The summed E-state index contributed by atoms with van der Waals surface area (Å²) >= 11 is 1.59. The van der Waals surface area contributed by atoms with Crippen molar-refractivity contribution in [1.29, 1.82) is 0 Å². The van der Waals surface area contributed by atoms with Crippen LogP contribution < -0.4 is 0 Å². The molecule has 1 aromatic carbocycles. The van der Waals surface area contributed by atoms with E-state index in [2.05, 4.69) is 20.1 Å². The van der Waals surface area contributed by atoms with Gasteiger partial charge in [0, 0.05) is 31.3 Å². The van der Waals surface area contributed by atoms with Crippen LogP contribution in [0.15, 0.2) is 34.2 Å². The number of halogens is 4. The quantitative estimate of drug-likeness (QED) is 0.277. The number of benzene rings is 1. The zero-order valence-corrected chi connectivity index (χ0v) is 19.0. The molecule has 0 radical (unpaired) electrons. The summed E-state index contributed by atoms with van der Waals surface area (Å²) in [6.45, 7) is 4.18. The van der Waals surface area contributed by atoms with Gasteiger partial charge in [-0.2, -0.15) is 13.2 Å². The largest absolute Gasteiger partial charge is 0.440 e. The maximum Gasteiger partial charge on any atom is 0.416 e. The summed E-state index contributed by atoms with van der Waals surface area (Å²) in [5.41, 5.74) is -0.0194. The summed E-state index contributed by atoms with van der Waals surface area (Å²) in [7, 11) is 1.88. The minimum Gasteiger partial charge on any atom is -0.440 e. The molecule has 3 heterocycles. The Morgan fingerprint density at radius 1 is 1.24 bits per heavy atom. The van der Waals surface area contributed by atoms with Crippen LogP contribution in [0.1, 0.15) is 29.7 Å². The Hall–Kier alpha value is -2.40. The number of hydrogen-bond donors (Lipinski definition) is 0. The van der Waals surface area contributed by atoms with Crippen molar-refractivity contribution < 1.29 is 22.0 Å². The first-order valence-electron chi connectivity index (χ1n) is 10.7. The highest BCUT2D eigenvalue weighted by Crippen LogP contribution is 2.59. The van der Waals surface area contributed by atoms with E-state index in [1.54, 1.807) is 11.8 Å². The van der Waals surface area contributed by atoms with E-state index in [0.717, 1.165) is 48.6 Å². The predicted octanol–water partition coefficient (Wildman–Crippen LogP) is 4.69. The molecule has 1 saturated heterocycles. The van der Waals surface area contributed by atoms with Crippen molar-refractivity contribution in [3.8, 4) is 11.6 Å². The average Bonchev–Trinajstić information content (AvgIpc) is 3.05. The first-order valence-corrected chi connectivity index (χ1v) is 11.7. The van der Waals surface area contributed by atoms with Crippen molar-refractivity contribution in [2.45, 2.75) is 36.5 Å². The fourth-order valence-electron chi connectivity index (χ4n) is 4.85. The van der Waals surface area contributed by atoms with Crippen molar-refractivity contribution in [2.75, 3.05) is 25.4 Å². The third-order valence-corrected chi connectivity index (χ3v) is 7.76. The zero-order valence-electron chi connectivity index (χ0n) is 18.2. The number of rotatable bonds is 7. The summed E-state index contributed by atoms with van der Waals surface area (Å²) < 4.78 is 60.6. The molecule has 2 atom stereocenters. The Kier molecular flexibility index (Phi) is 5.51. The SMILES string of the molecule is Cc1ncoc1-c1nnc(SCCCN2C[C@H]3CC3(c3cc(F)cc(C(F)(F)F)c3)C2)n1C. The molecule has 33 heavy (non-hydrogen) atoms. The van der Waals surface area contributed by atoms with E-state index >= 15 is 0 Å². The maximum atomic E-state index is 13.9. The van der Waals surface area contributed by atoms with E-state index in [4.69, 9.17) is 4.42 Å². The summed E-state index contributed by atoms with van der Waals surface area (Å²) in [4.78, 5) is 6.36. The first kappa shape index (κ1) is 22.4. The van der Waals surface area contributed by atoms with Gasteiger partial charge in [0.15, 0.2) is 17.3 Å². The summed E-state index contributed by atoms with van der Waals surface area (Å²) in [5.74, 6) is 1.53. The third-order valence-electron chi connectivity index (χ3n) is 6.65. The first-order chi connectivity index (χ1) is 15.7. The molecule has 1 saturated carbocycles. The Balaban J connectivity index is 1.16.